The molecule has 46 heavy (non-hydrogen) atoms. The number of carbonyl (C=O) groups is 2. The van der Waals surface area contributed by atoms with Crippen LogP contribution in [0.15, 0.2) is 85.5 Å². The quantitative estimate of drug-likeness (QED) is 0.168. The molecular formula is C38H46N2O6. The molecule has 0 aromatic heterocycles. The van der Waals surface area contributed by atoms with E-state index in [1.807, 2.05) is 54.6 Å². The fraction of sp³-hybridized carbons (Fsp3) is 0.421. The highest BCUT2D eigenvalue weighted by Crippen LogP contribution is 2.39. The summed E-state index contributed by atoms with van der Waals surface area (Å²) in [6.45, 7) is 8.86. The lowest BCUT2D eigenvalue weighted by Crippen LogP contribution is -2.43. The van der Waals surface area contributed by atoms with Gasteiger partial charge in [0.25, 0.3) is 5.91 Å². The summed E-state index contributed by atoms with van der Waals surface area (Å²) in [4.78, 5) is 26.0. The molecule has 4 unspecified atom stereocenters. The summed E-state index contributed by atoms with van der Waals surface area (Å²) in [5, 5.41) is 12.4. The number of benzene rings is 3. The predicted octanol–water partition coefficient (Wildman–Crippen LogP) is 6.39. The van der Waals surface area contributed by atoms with Crippen LogP contribution in [-0.4, -0.2) is 53.2 Å². The first-order chi connectivity index (χ1) is 22.3. The highest BCUT2D eigenvalue weighted by atomic mass is 16.7. The summed E-state index contributed by atoms with van der Waals surface area (Å²) in [6, 6.07) is 24.8. The van der Waals surface area contributed by atoms with Gasteiger partial charge in [-0.25, -0.2) is 0 Å². The Hall–Kier alpha value is -3.82. The van der Waals surface area contributed by atoms with E-state index in [0.29, 0.717) is 12.6 Å². The van der Waals surface area contributed by atoms with Crippen LogP contribution in [0.3, 0.4) is 0 Å². The Kier molecular flexibility index (Phi) is 11.8. The SMILES string of the molecule is C=CCN(CC1CC(c2ccc(CO)cc2)OC(c2ccc(-c3cccc(CNC(=O)C(C)OC(C)=O)c3)cc2)O1)C1CCCC1. The van der Waals surface area contributed by atoms with E-state index in [9.17, 15) is 14.7 Å². The lowest BCUT2D eigenvalue weighted by atomic mass is 9.98. The molecule has 1 saturated heterocycles. The summed E-state index contributed by atoms with van der Waals surface area (Å²) in [7, 11) is 0. The second kappa shape index (κ2) is 16.1. The molecule has 8 heteroatoms. The van der Waals surface area contributed by atoms with Crippen LogP contribution in [0.5, 0.6) is 0 Å². The van der Waals surface area contributed by atoms with E-state index in [2.05, 4.69) is 41.1 Å². The van der Waals surface area contributed by atoms with Gasteiger partial charge in [-0.2, -0.15) is 0 Å². The lowest BCUT2D eigenvalue weighted by molar-refractivity contribution is -0.253. The lowest BCUT2D eigenvalue weighted by Gasteiger charge is -2.39. The van der Waals surface area contributed by atoms with Crippen molar-refractivity contribution in [1.82, 2.24) is 10.2 Å². The van der Waals surface area contributed by atoms with E-state index in [1.54, 1.807) is 6.92 Å². The van der Waals surface area contributed by atoms with Crippen LogP contribution in [0.2, 0.25) is 0 Å². The van der Waals surface area contributed by atoms with Crippen LogP contribution in [0.25, 0.3) is 11.1 Å². The van der Waals surface area contributed by atoms with Crippen LogP contribution in [0.1, 0.15) is 80.6 Å². The minimum absolute atomic E-state index is 0.0112. The molecule has 2 aliphatic rings. The van der Waals surface area contributed by atoms with Crippen molar-refractivity contribution in [2.45, 2.75) is 89.7 Å². The summed E-state index contributed by atoms with van der Waals surface area (Å²) in [6.07, 6.45) is 6.20. The summed E-state index contributed by atoms with van der Waals surface area (Å²) < 4.78 is 18.2. The van der Waals surface area contributed by atoms with Crippen LogP contribution < -0.4 is 5.32 Å². The predicted molar refractivity (Wildman–Crippen MR) is 177 cm³/mol. The van der Waals surface area contributed by atoms with E-state index in [4.69, 9.17) is 14.2 Å². The molecule has 0 bridgehead atoms. The van der Waals surface area contributed by atoms with Crippen molar-refractivity contribution in [2.24, 2.45) is 0 Å². The number of nitrogens with one attached hydrogen (secondary N) is 1. The van der Waals surface area contributed by atoms with Gasteiger partial charge < -0.3 is 24.6 Å². The van der Waals surface area contributed by atoms with E-state index < -0.39 is 18.4 Å². The molecule has 2 N–H and O–H groups in total. The molecule has 1 saturated carbocycles. The minimum Gasteiger partial charge on any atom is -0.453 e. The van der Waals surface area contributed by atoms with Gasteiger partial charge in [-0.15, -0.1) is 6.58 Å². The largest absolute Gasteiger partial charge is 0.453 e. The maximum absolute atomic E-state index is 12.3. The van der Waals surface area contributed by atoms with E-state index in [1.165, 1.54) is 32.6 Å². The van der Waals surface area contributed by atoms with Gasteiger partial charge in [0.05, 0.1) is 18.8 Å². The first-order valence-corrected chi connectivity index (χ1v) is 16.3. The zero-order valence-electron chi connectivity index (χ0n) is 26.9. The zero-order valence-corrected chi connectivity index (χ0v) is 26.9. The van der Waals surface area contributed by atoms with Gasteiger partial charge in [-0.05, 0) is 53.6 Å². The molecule has 5 rings (SSSR count). The maximum atomic E-state index is 12.3. The van der Waals surface area contributed by atoms with Crippen LogP contribution in [0.4, 0.5) is 0 Å². The average Bonchev–Trinajstić information content (AvgIpc) is 3.62. The Morgan fingerprint density at radius 2 is 1.72 bits per heavy atom. The summed E-state index contributed by atoms with van der Waals surface area (Å²) >= 11 is 0. The number of carbonyl (C=O) groups excluding carboxylic acids is 2. The summed E-state index contributed by atoms with van der Waals surface area (Å²) in [5.41, 5.74) is 5.90. The number of hydrogen-bond acceptors (Lipinski definition) is 7. The molecule has 1 heterocycles. The second-order valence-electron chi connectivity index (χ2n) is 12.3. The van der Waals surface area contributed by atoms with E-state index >= 15 is 0 Å². The molecule has 1 amide bonds. The molecule has 4 atom stereocenters. The number of aliphatic hydroxyl groups is 1. The molecule has 244 valence electrons. The van der Waals surface area contributed by atoms with E-state index in [0.717, 1.165) is 52.9 Å². The van der Waals surface area contributed by atoms with Crippen molar-refractivity contribution in [3.63, 3.8) is 0 Å². The van der Waals surface area contributed by atoms with Crippen LogP contribution in [-0.2, 0) is 37.0 Å². The molecule has 0 radical (unpaired) electrons. The molecule has 2 fully saturated rings. The third-order valence-corrected chi connectivity index (χ3v) is 8.88. The molecular weight excluding hydrogens is 580 g/mol. The molecule has 8 nitrogen and oxygen atoms in total. The Morgan fingerprint density at radius 3 is 2.39 bits per heavy atom. The number of nitrogens with zero attached hydrogens (tertiary/aromatic N) is 1. The van der Waals surface area contributed by atoms with Crippen molar-refractivity contribution in [1.29, 1.82) is 0 Å². The van der Waals surface area contributed by atoms with Crippen molar-refractivity contribution in [2.75, 3.05) is 13.1 Å². The van der Waals surface area contributed by atoms with Gasteiger partial charge in [0.15, 0.2) is 12.4 Å². The monoisotopic (exact) mass is 626 g/mol. The number of amides is 1. The zero-order chi connectivity index (χ0) is 32.5. The van der Waals surface area contributed by atoms with Gasteiger partial charge in [-0.1, -0.05) is 85.6 Å². The van der Waals surface area contributed by atoms with Crippen molar-refractivity contribution < 1.29 is 28.9 Å². The first kappa shape index (κ1) is 33.5. The highest BCUT2D eigenvalue weighted by Gasteiger charge is 2.34. The number of aliphatic hydroxyl groups excluding tert-OH is 1. The Morgan fingerprint density at radius 1 is 1.00 bits per heavy atom. The van der Waals surface area contributed by atoms with Gasteiger partial charge >= 0.3 is 5.97 Å². The molecule has 3 aromatic carbocycles. The standard InChI is InChI=1S/C38H46N2O6/c1-4-20-40(34-10-5-6-11-34)24-35-22-36(31-14-12-28(25-41)13-15-31)46-38(45-35)32-18-16-30(17-19-32)33-9-7-8-29(21-33)23-39-37(43)26(2)44-27(3)42/h4,7-9,12-19,21,26,34-36,38,41H,1,5-6,10-11,20,22-25H2,2-3H3,(H,39,43). The normalized spacial score (nSPS) is 20.7. The fourth-order valence-electron chi connectivity index (χ4n) is 6.43. The van der Waals surface area contributed by atoms with Crippen molar-refractivity contribution >= 4 is 11.9 Å². The molecule has 1 aliphatic carbocycles. The number of rotatable bonds is 13. The van der Waals surface area contributed by atoms with Crippen LogP contribution >= 0.6 is 0 Å². The van der Waals surface area contributed by atoms with E-state index in [-0.39, 0.29) is 24.7 Å². The number of hydrogen-bond donors (Lipinski definition) is 2. The Bertz CT molecular complexity index is 1450. The highest BCUT2D eigenvalue weighted by molar-refractivity contribution is 5.82. The second-order valence-corrected chi connectivity index (χ2v) is 12.3. The van der Waals surface area contributed by atoms with Gasteiger partial charge in [0.1, 0.15) is 0 Å². The topological polar surface area (TPSA) is 97.3 Å². The molecule has 3 aromatic rings. The molecule has 1 aliphatic heterocycles. The van der Waals surface area contributed by atoms with Gasteiger partial charge in [0, 0.05) is 44.6 Å². The third kappa shape index (κ3) is 8.91. The number of esters is 1. The summed E-state index contributed by atoms with van der Waals surface area (Å²) in [5.74, 6) is -0.826. The van der Waals surface area contributed by atoms with Gasteiger partial charge in [-0.3, -0.25) is 14.5 Å². The molecule has 0 spiro atoms. The number of ether oxygens (including phenoxy) is 3. The van der Waals surface area contributed by atoms with Crippen molar-refractivity contribution in [3.8, 4) is 11.1 Å². The smallest absolute Gasteiger partial charge is 0.303 e. The first-order valence-electron chi connectivity index (χ1n) is 16.3. The Labute approximate surface area is 272 Å². The third-order valence-electron chi connectivity index (χ3n) is 8.88. The van der Waals surface area contributed by atoms with Crippen LogP contribution in [0, 0.1) is 0 Å². The minimum atomic E-state index is -0.843. The maximum Gasteiger partial charge on any atom is 0.303 e. The Balaban J connectivity index is 1.30. The van der Waals surface area contributed by atoms with Gasteiger partial charge in [0.2, 0.25) is 0 Å². The average molecular weight is 627 g/mol. The van der Waals surface area contributed by atoms with Crippen molar-refractivity contribution in [3.05, 3.63) is 108 Å². The fourth-order valence-corrected chi connectivity index (χ4v) is 6.43.